The number of ether oxygens (including phenoxy) is 2. The lowest BCUT2D eigenvalue weighted by Crippen LogP contribution is -2.20. The first-order valence-corrected chi connectivity index (χ1v) is 8.57. The van der Waals surface area contributed by atoms with E-state index in [4.69, 9.17) is 21.1 Å². The van der Waals surface area contributed by atoms with E-state index in [1.165, 1.54) is 11.3 Å². The van der Waals surface area contributed by atoms with Crippen LogP contribution in [0, 0.1) is 0 Å². The minimum absolute atomic E-state index is 0.0970. The van der Waals surface area contributed by atoms with E-state index in [1.807, 2.05) is 18.2 Å². The fraction of sp³-hybridized carbons (Fsp3) is 0.118. The first kappa shape index (κ1) is 17.2. The number of halogens is 1. The van der Waals surface area contributed by atoms with Crippen molar-refractivity contribution in [1.82, 2.24) is 10.2 Å². The van der Waals surface area contributed by atoms with Crippen molar-refractivity contribution in [3.05, 3.63) is 64.6 Å². The molecule has 0 saturated heterocycles. The lowest BCUT2D eigenvalue weighted by atomic mass is 10.3. The maximum absolute atomic E-state index is 11.9. The topological polar surface area (TPSA) is 73.3 Å². The van der Waals surface area contributed by atoms with Crippen molar-refractivity contribution < 1.29 is 14.3 Å². The second-order valence-corrected chi connectivity index (χ2v) is 6.39. The van der Waals surface area contributed by atoms with Crippen LogP contribution in [0.1, 0.15) is 5.01 Å². The van der Waals surface area contributed by atoms with E-state index in [0.717, 1.165) is 0 Å². The smallest absolute Gasteiger partial charge is 0.264 e. The Kier molecular flexibility index (Phi) is 5.81. The molecule has 0 bridgehead atoms. The van der Waals surface area contributed by atoms with Gasteiger partial charge in [-0.1, -0.05) is 41.1 Å². The van der Waals surface area contributed by atoms with Crippen molar-refractivity contribution in [3.8, 4) is 11.5 Å². The maximum atomic E-state index is 11.9. The molecule has 1 heterocycles. The third kappa shape index (κ3) is 5.44. The molecule has 2 aromatic carbocycles. The van der Waals surface area contributed by atoms with Gasteiger partial charge in [0, 0.05) is 5.02 Å². The van der Waals surface area contributed by atoms with E-state index >= 15 is 0 Å². The number of hydrogen-bond donors (Lipinski definition) is 1. The summed E-state index contributed by atoms with van der Waals surface area (Å²) in [6.07, 6.45) is 0. The number of benzene rings is 2. The highest BCUT2D eigenvalue weighted by Crippen LogP contribution is 2.20. The first-order chi connectivity index (χ1) is 12.2. The molecule has 0 atom stereocenters. The molecule has 3 aromatic rings. The van der Waals surface area contributed by atoms with Crippen LogP contribution >= 0.6 is 22.9 Å². The van der Waals surface area contributed by atoms with Crippen molar-refractivity contribution in [2.75, 3.05) is 11.9 Å². The van der Waals surface area contributed by atoms with Crippen LogP contribution in [0.3, 0.4) is 0 Å². The molecule has 25 heavy (non-hydrogen) atoms. The molecular formula is C17H14ClN3O3S. The normalized spacial score (nSPS) is 10.3. The van der Waals surface area contributed by atoms with Crippen molar-refractivity contribution >= 4 is 34.0 Å². The minimum Gasteiger partial charge on any atom is -0.486 e. The van der Waals surface area contributed by atoms with Gasteiger partial charge in [0.05, 0.1) is 0 Å². The number of nitrogens with one attached hydrogen (secondary N) is 1. The number of rotatable bonds is 7. The molecule has 0 unspecified atom stereocenters. The standard InChI is InChI=1S/C17H14ClN3O3S/c18-12-6-8-14(9-7-12)24-11-16-20-21-17(25-16)19-15(22)10-23-13-4-2-1-3-5-13/h1-9H,10-11H2,(H,19,21,22). The summed E-state index contributed by atoms with van der Waals surface area (Å²) in [6, 6.07) is 16.2. The number of amides is 1. The van der Waals surface area contributed by atoms with Gasteiger partial charge in [0.2, 0.25) is 5.13 Å². The maximum Gasteiger partial charge on any atom is 0.264 e. The van der Waals surface area contributed by atoms with Crippen molar-refractivity contribution in [2.24, 2.45) is 0 Å². The molecule has 0 aliphatic carbocycles. The van der Waals surface area contributed by atoms with Gasteiger partial charge in [-0.3, -0.25) is 10.1 Å². The highest BCUT2D eigenvalue weighted by atomic mass is 35.5. The van der Waals surface area contributed by atoms with Gasteiger partial charge in [-0.2, -0.15) is 0 Å². The predicted molar refractivity (Wildman–Crippen MR) is 96.3 cm³/mol. The number of carbonyl (C=O) groups is 1. The highest BCUT2D eigenvalue weighted by Gasteiger charge is 2.09. The lowest BCUT2D eigenvalue weighted by Gasteiger charge is -2.04. The van der Waals surface area contributed by atoms with E-state index in [1.54, 1.807) is 36.4 Å². The van der Waals surface area contributed by atoms with Crippen LogP contribution in [0.25, 0.3) is 0 Å². The molecule has 1 aromatic heterocycles. The third-order valence-electron chi connectivity index (χ3n) is 3.00. The number of carbonyl (C=O) groups excluding carboxylic acids is 1. The zero-order chi connectivity index (χ0) is 17.5. The summed E-state index contributed by atoms with van der Waals surface area (Å²) in [5, 5.41) is 12.2. The average molecular weight is 376 g/mol. The van der Waals surface area contributed by atoms with Crippen LogP contribution in [0.15, 0.2) is 54.6 Å². The fourth-order valence-corrected chi connectivity index (χ4v) is 2.65. The predicted octanol–water partition coefficient (Wildman–Crippen LogP) is 3.79. The van der Waals surface area contributed by atoms with Crippen molar-refractivity contribution in [1.29, 1.82) is 0 Å². The Morgan fingerprint density at radius 1 is 1.00 bits per heavy atom. The third-order valence-corrected chi connectivity index (χ3v) is 4.07. The molecule has 0 aliphatic heterocycles. The van der Waals surface area contributed by atoms with Gasteiger partial charge < -0.3 is 9.47 Å². The molecular weight excluding hydrogens is 362 g/mol. The molecule has 1 amide bonds. The molecule has 0 aliphatic rings. The number of aromatic nitrogens is 2. The van der Waals surface area contributed by atoms with Crippen molar-refractivity contribution in [3.63, 3.8) is 0 Å². The Morgan fingerprint density at radius 3 is 2.48 bits per heavy atom. The Hall–Kier alpha value is -2.64. The van der Waals surface area contributed by atoms with E-state index in [0.29, 0.717) is 26.7 Å². The fourth-order valence-electron chi connectivity index (χ4n) is 1.86. The lowest BCUT2D eigenvalue weighted by molar-refractivity contribution is -0.118. The summed E-state index contributed by atoms with van der Waals surface area (Å²) >= 11 is 7.06. The summed E-state index contributed by atoms with van der Waals surface area (Å²) < 4.78 is 11.0. The summed E-state index contributed by atoms with van der Waals surface area (Å²) in [7, 11) is 0. The molecule has 3 rings (SSSR count). The van der Waals surface area contributed by atoms with E-state index in [2.05, 4.69) is 15.5 Å². The summed E-state index contributed by atoms with van der Waals surface area (Å²) in [5.41, 5.74) is 0. The number of hydrogen-bond acceptors (Lipinski definition) is 6. The van der Waals surface area contributed by atoms with Crippen LogP contribution in [0.2, 0.25) is 5.02 Å². The highest BCUT2D eigenvalue weighted by molar-refractivity contribution is 7.15. The number of para-hydroxylation sites is 1. The van der Waals surface area contributed by atoms with Gasteiger partial charge >= 0.3 is 0 Å². The number of anilines is 1. The van der Waals surface area contributed by atoms with Gasteiger partial charge in [0.25, 0.3) is 5.91 Å². The average Bonchev–Trinajstić information content (AvgIpc) is 3.08. The number of nitrogens with zero attached hydrogens (tertiary/aromatic N) is 2. The van der Waals surface area contributed by atoms with Crippen LogP contribution in [0.5, 0.6) is 11.5 Å². The zero-order valence-corrected chi connectivity index (χ0v) is 14.6. The summed E-state index contributed by atoms with van der Waals surface area (Å²) in [6.45, 7) is 0.163. The largest absolute Gasteiger partial charge is 0.486 e. The molecule has 0 saturated carbocycles. The van der Waals surface area contributed by atoms with Crippen LogP contribution in [-0.2, 0) is 11.4 Å². The molecule has 128 valence electrons. The quantitative estimate of drug-likeness (QED) is 0.680. The Morgan fingerprint density at radius 2 is 1.72 bits per heavy atom. The second kappa shape index (κ2) is 8.46. The summed E-state index contributed by atoms with van der Waals surface area (Å²) in [4.78, 5) is 11.9. The first-order valence-electron chi connectivity index (χ1n) is 7.37. The van der Waals surface area contributed by atoms with Gasteiger partial charge in [-0.15, -0.1) is 10.2 Å². The molecule has 8 heteroatoms. The molecule has 0 spiro atoms. The van der Waals surface area contributed by atoms with E-state index < -0.39 is 0 Å². The molecule has 6 nitrogen and oxygen atoms in total. The Bertz CT molecular complexity index is 825. The monoisotopic (exact) mass is 375 g/mol. The van der Waals surface area contributed by atoms with E-state index in [-0.39, 0.29) is 19.1 Å². The molecule has 1 N–H and O–H groups in total. The van der Waals surface area contributed by atoms with Crippen molar-refractivity contribution in [2.45, 2.75) is 6.61 Å². The summed E-state index contributed by atoms with van der Waals surface area (Å²) in [5.74, 6) is 1.01. The molecule has 0 radical (unpaired) electrons. The van der Waals surface area contributed by atoms with Gasteiger partial charge in [0.15, 0.2) is 11.6 Å². The zero-order valence-electron chi connectivity index (χ0n) is 13.0. The van der Waals surface area contributed by atoms with Crippen LogP contribution in [0.4, 0.5) is 5.13 Å². The van der Waals surface area contributed by atoms with Crippen LogP contribution in [-0.4, -0.2) is 22.7 Å². The SMILES string of the molecule is O=C(COc1ccccc1)Nc1nnc(COc2ccc(Cl)cc2)s1. The van der Waals surface area contributed by atoms with E-state index in [9.17, 15) is 4.79 Å². The van der Waals surface area contributed by atoms with Gasteiger partial charge in [0.1, 0.15) is 18.1 Å². The van der Waals surface area contributed by atoms with Gasteiger partial charge in [-0.05, 0) is 36.4 Å². The molecule has 0 fully saturated rings. The van der Waals surface area contributed by atoms with Gasteiger partial charge in [-0.25, -0.2) is 0 Å². The Labute approximate surface area is 153 Å². The van der Waals surface area contributed by atoms with Crippen LogP contribution < -0.4 is 14.8 Å². The second-order valence-electron chi connectivity index (χ2n) is 4.89. The minimum atomic E-state index is -0.301. The Balaban J connectivity index is 1.46.